The first-order chi connectivity index (χ1) is 22.0. The summed E-state index contributed by atoms with van der Waals surface area (Å²) >= 11 is 6.15. The van der Waals surface area contributed by atoms with Gasteiger partial charge in [0.15, 0.2) is 0 Å². The fraction of sp³-hybridized carbons (Fsp3) is 0.235. The van der Waals surface area contributed by atoms with Crippen LogP contribution in [0.25, 0.3) is 0 Å². The number of carboxylic acid groups (broad SMARTS) is 2. The van der Waals surface area contributed by atoms with Gasteiger partial charge < -0.3 is 40.6 Å². The first kappa shape index (κ1) is 49.4. The van der Waals surface area contributed by atoms with Crippen molar-refractivity contribution in [3.63, 3.8) is 0 Å². The van der Waals surface area contributed by atoms with Crippen molar-refractivity contribution in [1.82, 2.24) is 19.8 Å². The average molecular weight is 853 g/mol. The fourth-order valence-electron chi connectivity index (χ4n) is 3.62. The largest absolute Gasteiger partial charge is 2.00 e. The summed E-state index contributed by atoms with van der Waals surface area (Å²) < 4.78 is 1.10. The Bertz CT molecular complexity index is 1410. The molecule has 15 heteroatoms. The molecule has 0 fully saturated rings. The number of amides is 2. The summed E-state index contributed by atoms with van der Waals surface area (Å²) in [6, 6.07) is 20.2. The van der Waals surface area contributed by atoms with Crippen molar-refractivity contribution in [2.45, 2.75) is 27.7 Å². The predicted octanol–water partition coefficient (Wildman–Crippen LogP) is 2.91. The molecule has 0 atom stereocenters. The minimum Gasteiger partial charge on any atom is -0.545 e. The number of benzene rings is 2. The number of carbonyl (C=O) groups is 4. The molecule has 0 aliphatic rings. The minimum absolute atomic E-state index is 0. The minimum atomic E-state index is -1.16. The molecule has 1 radical (unpaired) electrons. The van der Waals surface area contributed by atoms with Gasteiger partial charge in [0.05, 0.1) is 23.1 Å². The van der Waals surface area contributed by atoms with Gasteiger partial charge in [-0.05, 0) is 64.1 Å². The topological polar surface area (TPSA) is 213 Å². The Hall–Kier alpha value is -3.99. The van der Waals surface area contributed by atoms with Gasteiger partial charge in [-0.15, -0.1) is 0 Å². The Balaban J connectivity index is -0.000000568. The number of carbonyl (C=O) groups excluding carboxylic acids is 4. The van der Waals surface area contributed by atoms with E-state index in [2.05, 4.69) is 41.8 Å². The van der Waals surface area contributed by atoms with Crippen molar-refractivity contribution in [3.05, 3.63) is 129 Å². The molecule has 0 saturated carbocycles. The molecule has 0 spiro atoms. The van der Waals surface area contributed by atoms with Crippen LogP contribution in [0.4, 0.5) is 0 Å². The van der Waals surface area contributed by atoms with Crippen molar-refractivity contribution >= 4 is 55.6 Å². The molecule has 0 aliphatic carbocycles. The van der Waals surface area contributed by atoms with Gasteiger partial charge in [0.1, 0.15) is 0 Å². The van der Waals surface area contributed by atoms with Crippen molar-refractivity contribution < 1.29 is 57.1 Å². The van der Waals surface area contributed by atoms with Crippen LogP contribution in [0.2, 0.25) is 0 Å². The van der Waals surface area contributed by atoms with Gasteiger partial charge in [-0.3, -0.25) is 19.6 Å². The van der Waals surface area contributed by atoms with E-state index in [0.717, 1.165) is 26.2 Å². The maximum Gasteiger partial charge on any atom is 2.00 e. The zero-order chi connectivity index (χ0) is 34.5. The third-order valence-electron chi connectivity index (χ3n) is 6.11. The van der Waals surface area contributed by atoms with Crippen LogP contribution < -0.4 is 10.2 Å². The number of halogens is 2. The van der Waals surface area contributed by atoms with Gasteiger partial charge in [0.2, 0.25) is 0 Å². The van der Waals surface area contributed by atoms with Crippen LogP contribution in [0.1, 0.15) is 69.1 Å². The summed E-state index contributed by atoms with van der Waals surface area (Å²) in [5.41, 5.74) is 1.68. The zero-order valence-electron chi connectivity index (χ0n) is 27.5. The Kier molecular flexibility index (Phi) is 28.1. The standard InChI is InChI=1S/2C10H14N2O.2C7H5BrO2.Co.2H2O/c2*1-3-12(4-2)10(13)9-6-5-7-11-8-9;2*8-6-4-2-1-3-5(6)7(9)10;;;/h2*5-8H,3-4H2,1-2H3;2*1-4H,(H,9,10);;2*1H2/q;;;;+2;;. The second-order valence-corrected chi connectivity index (χ2v) is 10.7. The van der Waals surface area contributed by atoms with E-state index < -0.39 is 11.9 Å². The zero-order valence-corrected chi connectivity index (χ0v) is 31.8. The molecule has 4 rings (SSSR count). The Morgan fingerprint density at radius 1 is 0.571 bits per heavy atom. The summed E-state index contributed by atoms with van der Waals surface area (Å²) in [5.74, 6) is -2.21. The van der Waals surface area contributed by atoms with Gasteiger partial charge in [-0.25, -0.2) is 0 Å². The summed E-state index contributed by atoms with van der Waals surface area (Å²) in [7, 11) is 0. The van der Waals surface area contributed by atoms with Gasteiger partial charge >= 0.3 is 16.8 Å². The molecule has 0 unspecified atom stereocenters. The van der Waals surface area contributed by atoms with E-state index >= 15 is 0 Å². The molecule has 6 N–H and O–H groups in total. The molecule has 12 nitrogen and oxygen atoms in total. The SMILES string of the molecule is CCN(CC)C(=O)c1cccnc1.CCN(CC)C(=O)c1cccnc1.O=C([O-])c1ccccc1Br.O=C([O-])c1ccccc1Br.[Co+2].[OH3+].[OH3+]. The molecule has 2 amide bonds. The van der Waals surface area contributed by atoms with E-state index in [-0.39, 0.29) is 50.7 Å². The molecule has 0 bridgehead atoms. The molecule has 4 aromatic rings. The van der Waals surface area contributed by atoms with Gasteiger partial charge in [-0.1, -0.05) is 68.3 Å². The summed E-state index contributed by atoms with van der Waals surface area (Å²) in [4.78, 5) is 55.3. The summed E-state index contributed by atoms with van der Waals surface area (Å²) in [6.07, 6.45) is 6.53. The number of aromatic nitrogens is 2. The van der Waals surface area contributed by atoms with Crippen LogP contribution in [0.15, 0.2) is 107 Å². The van der Waals surface area contributed by atoms with Gasteiger partial charge in [0, 0.05) is 71.0 Å². The van der Waals surface area contributed by atoms with Crippen LogP contribution in [-0.2, 0) is 27.7 Å². The van der Waals surface area contributed by atoms with Crippen molar-refractivity contribution in [2.24, 2.45) is 0 Å². The van der Waals surface area contributed by atoms with Crippen molar-refractivity contribution in [3.8, 4) is 0 Å². The average Bonchev–Trinajstić information content (AvgIpc) is 3.07. The van der Waals surface area contributed by atoms with E-state index in [4.69, 9.17) is 0 Å². The van der Waals surface area contributed by atoms with E-state index in [1.807, 2.05) is 27.7 Å². The smallest absolute Gasteiger partial charge is 0.545 e. The molecule has 49 heavy (non-hydrogen) atoms. The number of carboxylic acids is 2. The number of nitrogens with zero attached hydrogens (tertiary/aromatic N) is 4. The van der Waals surface area contributed by atoms with Crippen molar-refractivity contribution in [2.75, 3.05) is 26.2 Å². The molecular weight excluding hydrogens is 811 g/mol. The number of hydrogen-bond donors (Lipinski definition) is 0. The van der Waals surface area contributed by atoms with E-state index in [1.54, 1.807) is 95.3 Å². The summed E-state index contributed by atoms with van der Waals surface area (Å²) in [6.45, 7) is 10.8. The summed E-state index contributed by atoms with van der Waals surface area (Å²) in [5, 5.41) is 20.6. The Labute approximate surface area is 313 Å². The number of hydrogen-bond acceptors (Lipinski definition) is 8. The van der Waals surface area contributed by atoms with Gasteiger partial charge in [0.25, 0.3) is 11.8 Å². The molecule has 0 saturated heterocycles. The maximum absolute atomic E-state index is 11.7. The van der Waals surface area contributed by atoms with E-state index in [9.17, 15) is 29.4 Å². The fourth-order valence-corrected chi connectivity index (χ4v) is 4.51. The molecule has 2 aromatic carbocycles. The van der Waals surface area contributed by atoms with Crippen LogP contribution in [0.3, 0.4) is 0 Å². The molecule has 267 valence electrons. The van der Waals surface area contributed by atoms with Crippen molar-refractivity contribution in [1.29, 1.82) is 0 Å². The molecule has 0 aliphatic heterocycles. The third-order valence-corrected chi connectivity index (χ3v) is 7.49. The van der Waals surface area contributed by atoms with Crippen LogP contribution in [0.5, 0.6) is 0 Å². The van der Waals surface area contributed by atoms with Crippen LogP contribution in [-0.4, -0.2) is 69.7 Å². The van der Waals surface area contributed by atoms with Gasteiger partial charge in [-0.2, -0.15) is 0 Å². The number of rotatable bonds is 8. The van der Waals surface area contributed by atoms with E-state index in [0.29, 0.717) is 20.1 Å². The third kappa shape index (κ3) is 17.8. The van der Waals surface area contributed by atoms with E-state index in [1.165, 1.54) is 12.1 Å². The van der Waals surface area contributed by atoms with Crippen LogP contribution in [0, 0.1) is 0 Å². The normalized spacial score (nSPS) is 8.94. The monoisotopic (exact) mass is 851 g/mol. The quantitative estimate of drug-likeness (QED) is 0.240. The second-order valence-electron chi connectivity index (χ2n) is 8.97. The van der Waals surface area contributed by atoms with Crippen LogP contribution >= 0.6 is 31.9 Å². The maximum atomic E-state index is 11.7. The molecule has 2 heterocycles. The first-order valence-corrected chi connectivity index (χ1v) is 15.9. The molecular formula is C34H42Br2CoN4O8+2. The molecule has 2 aromatic heterocycles. The Morgan fingerprint density at radius 3 is 1.08 bits per heavy atom. The number of pyridine rings is 2. The number of aromatic carboxylic acids is 2. The Morgan fingerprint density at radius 2 is 0.878 bits per heavy atom. The first-order valence-electron chi connectivity index (χ1n) is 14.3. The predicted molar refractivity (Wildman–Crippen MR) is 190 cm³/mol. The second kappa shape index (κ2) is 27.9.